The van der Waals surface area contributed by atoms with Gasteiger partial charge in [0.15, 0.2) is 0 Å². The van der Waals surface area contributed by atoms with E-state index in [0.29, 0.717) is 12.1 Å². The Labute approximate surface area is 124 Å². The number of nitrogens with one attached hydrogen (secondary N) is 1. The topological polar surface area (TPSA) is 24.5 Å². The molecule has 2 saturated heterocycles. The van der Waals surface area contributed by atoms with Crippen molar-refractivity contribution in [1.82, 2.24) is 10.2 Å². The van der Waals surface area contributed by atoms with Crippen molar-refractivity contribution in [2.75, 3.05) is 19.6 Å². The van der Waals surface area contributed by atoms with Gasteiger partial charge in [0.25, 0.3) is 0 Å². The Morgan fingerprint density at radius 2 is 1.90 bits per heavy atom. The van der Waals surface area contributed by atoms with Gasteiger partial charge in [0.05, 0.1) is 11.7 Å². The number of hydrogen-bond donors (Lipinski definition) is 1. The first kappa shape index (κ1) is 14.8. The van der Waals surface area contributed by atoms with Crippen LogP contribution in [0.3, 0.4) is 0 Å². The highest BCUT2D eigenvalue weighted by atomic mass is 16.5. The third-order valence-electron chi connectivity index (χ3n) is 5.68. The van der Waals surface area contributed by atoms with Gasteiger partial charge in [0.2, 0.25) is 0 Å². The van der Waals surface area contributed by atoms with Gasteiger partial charge in [-0.05, 0) is 59.4 Å². The second kappa shape index (κ2) is 5.58. The van der Waals surface area contributed by atoms with Gasteiger partial charge in [-0.15, -0.1) is 0 Å². The van der Waals surface area contributed by atoms with Crippen molar-refractivity contribution in [2.24, 2.45) is 0 Å². The Hall–Kier alpha value is -0.120. The maximum Gasteiger partial charge on any atom is 0.0710 e. The first-order valence-corrected chi connectivity index (χ1v) is 8.65. The molecule has 0 aromatic rings. The Kier molecular flexibility index (Phi) is 4.13. The van der Waals surface area contributed by atoms with E-state index in [9.17, 15) is 0 Å². The zero-order valence-electron chi connectivity index (χ0n) is 13.6. The van der Waals surface area contributed by atoms with Crippen LogP contribution in [0.2, 0.25) is 0 Å². The summed E-state index contributed by atoms with van der Waals surface area (Å²) in [6.45, 7) is 10.4. The number of nitrogens with zero attached hydrogens (tertiary/aromatic N) is 1. The van der Waals surface area contributed by atoms with Crippen LogP contribution in [-0.2, 0) is 4.74 Å². The van der Waals surface area contributed by atoms with Gasteiger partial charge < -0.3 is 10.1 Å². The van der Waals surface area contributed by atoms with Crippen LogP contribution < -0.4 is 5.32 Å². The predicted octanol–water partition coefficient (Wildman–Crippen LogP) is 2.94. The summed E-state index contributed by atoms with van der Waals surface area (Å²) in [5.41, 5.74) is 0.516. The standard InChI is InChI=1S/C17H32N2O/c1-14-7-11-18-16(2,3)13-19(14)12-15-6-10-17(20-15)8-4-5-9-17/h14-15,18H,4-13H2,1-3H3. The summed E-state index contributed by atoms with van der Waals surface area (Å²) in [4.78, 5) is 2.67. The van der Waals surface area contributed by atoms with Gasteiger partial charge in [0.1, 0.15) is 0 Å². The van der Waals surface area contributed by atoms with E-state index in [1.54, 1.807) is 0 Å². The lowest BCUT2D eigenvalue weighted by Gasteiger charge is -2.35. The summed E-state index contributed by atoms with van der Waals surface area (Å²) >= 11 is 0. The molecule has 0 aromatic carbocycles. The van der Waals surface area contributed by atoms with Gasteiger partial charge in [-0.3, -0.25) is 4.90 Å². The highest BCUT2D eigenvalue weighted by Gasteiger charge is 2.43. The summed E-state index contributed by atoms with van der Waals surface area (Å²) < 4.78 is 6.51. The summed E-state index contributed by atoms with van der Waals surface area (Å²) in [5.74, 6) is 0. The molecule has 0 aromatic heterocycles. The molecule has 1 aliphatic carbocycles. The maximum atomic E-state index is 6.51. The molecule has 20 heavy (non-hydrogen) atoms. The average molecular weight is 280 g/mol. The van der Waals surface area contributed by atoms with Crippen LogP contribution in [0.15, 0.2) is 0 Å². The number of ether oxygens (including phenoxy) is 1. The molecule has 3 rings (SSSR count). The molecule has 116 valence electrons. The van der Waals surface area contributed by atoms with Crippen LogP contribution in [0.4, 0.5) is 0 Å². The van der Waals surface area contributed by atoms with E-state index in [2.05, 4.69) is 31.0 Å². The SMILES string of the molecule is CC1CCNC(C)(C)CN1CC1CCC2(CCCC2)O1. The van der Waals surface area contributed by atoms with E-state index in [0.717, 1.165) is 19.6 Å². The van der Waals surface area contributed by atoms with Crippen LogP contribution in [-0.4, -0.2) is 47.8 Å². The Morgan fingerprint density at radius 3 is 2.65 bits per heavy atom. The Balaban J connectivity index is 1.59. The van der Waals surface area contributed by atoms with Crippen molar-refractivity contribution in [3.8, 4) is 0 Å². The third-order valence-corrected chi connectivity index (χ3v) is 5.68. The average Bonchev–Trinajstić information content (AvgIpc) is 2.96. The molecule has 2 unspecified atom stereocenters. The van der Waals surface area contributed by atoms with Crippen LogP contribution in [0, 0.1) is 0 Å². The van der Waals surface area contributed by atoms with E-state index in [-0.39, 0.29) is 11.1 Å². The molecule has 1 spiro atoms. The van der Waals surface area contributed by atoms with E-state index in [1.807, 2.05) is 0 Å². The molecular weight excluding hydrogens is 248 g/mol. The van der Waals surface area contributed by atoms with Gasteiger partial charge in [-0.1, -0.05) is 12.8 Å². The normalized spacial score (nSPS) is 37.4. The van der Waals surface area contributed by atoms with Gasteiger partial charge >= 0.3 is 0 Å². The van der Waals surface area contributed by atoms with E-state index < -0.39 is 0 Å². The largest absolute Gasteiger partial charge is 0.370 e. The van der Waals surface area contributed by atoms with Crippen LogP contribution >= 0.6 is 0 Å². The molecule has 3 heteroatoms. The van der Waals surface area contributed by atoms with Crippen LogP contribution in [0.1, 0.15) is 65.7 Å². The third kappa shape index (κ3) is 3.20. The molecular formula is C17H32N2O. The molecule has 0 bridgehead atoms. The molecule has 0 amide bonds. The van der Waals surface area contributed by atoms with Crippen molar-refractivity contribution in [3.05, 3.63) is 0 Å². The quantitative estimate of drug-likeness (QED) is 0.841. The van der Waals surface area contributed by atoms with Crippen LogP contribution in [0.25, 0.3) is 0 Å². The predicted molar refractivity (Wildman–Crippen MR) is 83.0 cm³/mol. The molecule has 1 saturated carbocycles. The van der Waals surface area contributed by atoms with Crippen molar-refractivity contribution >= 4 is 0 Å². The highest BCUT2D eigenvalue weighted by Crippen LogP contribution is 2.43. The Morgan fingerprint density at radius 1 is 1.15 bits per heavy atom. The molecule has 3 aliphatic rings. The number of hydrogen-bond acceptors (Lipinski definition) is 3. The lowest BCUT2D eigenvalue weighted by atomic mass is 9.98. The molecule has 2 atom stereocenters. The van der Waals surface area contributed by atoms with Gasteiger partial charge in [-0.2, -0.15) is 0 Å². The second-order valence-corrected chi connectivity index (χ2v) is 8.05. The molecule has 1 N–H and O–H groups in total. The molecule has 0 radical (unpaired) electrons. The lowest BCUT2D eigenvalue weighted by Crippen LogP contribution is -2.49. The van der Waals surface area contributed by atoms with E-state index in [1.165, 1.54) is 44.9 Å². The smallest absolute Gasteiger partial charge is 0.0710 e. The first-order chi connectivity index (χ1) is 9.48. The zero-order valence-corrected chi connectivity index (χ0v) is 13.6. The molecule has 3 nitrogen and oxygen atoms in total. The minimum atomic E-state index is 0.231. The van der Waals surface area contributed by atoms with Crippen molar-refractivity contribution < 1.29 is 4.74 Å². The maximum absolute atomic E-state index is 6.51. The minimum Gasteiger partial charge on any atom is -0.370 e. The van der Waals surface area contributed by atoms with Crippen molar-refractivity contribution in [3.63, 3.8) is 0 Å². The number of rotatable bonds is 2. The van der Waals surface area contributed by atoms with Gasteiger partial charge in [-0.25, -0.2) is 0 Å². The second-order valence-electron chi connectivity index (χ2n) is 8.05. The van der Waals surface area contributed by atoms with E-state index >= 15 is 0 Å². The summed E-state index contributed by atoms with van der Waals surface area (Å²) in [6, 6.07) is 0.674. The summed E-state index contributed by atoms with van der Waals surface area (Å²) in [7, 11) is 0. The fourth-order valence-electron chi connectivity index (χ4n) is 4.44. The zero-order chi connectivity index (χ0) is 14.2. The monoisotopic (exact) mass is 280 g/mol. The minimum absolute atomic E-state index is 0.231. The van der Waals surface area contributed by atoms with Crippen molar-refractivity contribution in [1.29, 1.82) is 0 Å². The Bertz CT molecular complexity index is 336. The lowest BCUT2D eigenvalue weighted by molar-refractivity contribution is -0.0517. The summed E-state index contributed by atoms with van der Waals surface area (Å²) in [6.07, 6.45) is 9.69. The summed E-state index contributed by atoms with van der Waals surface area (Å²) in [5, 5.41) is 3.67. The molecule has 2 aliphatic heterocycles. The first-order valence-electron chi connectivity index (χ1n) is 8.65. The van der Waals surface area contributed by atoms with E-state index in [4.69, 9.17) is 4.74 Å². The fourth-order valence-corrected chi connectivity index (χ4v) is 4.44. The fraction of sp³-hybridized carbons (Fsp3) is 1.00. The van der Waals surface area contributed by atoms with Gasteiger partial charge in [0, 0.05) is 24.7 Å². The molecule has 2 heterocycles. The van der Waals surface area contributed by atoms with Crippen LogP contribution in [0.5, 0.6) is 0 Å². The van der Waals surface area contributed by atoms with Crippen molar-refractivity contribution in [2.45, 2.75) is 89.0 Å². The highest BCUT2D eigenvalue weighted by molar-refractivity contribution is 4.95. The molecule has 3 fully saturated rings.